The molecule has 1 aliphatic heterocycles. The summed E-state index contributed by atoms with van der Waals surface area (Å²) in [6.07, 6.45) is 2.68. The van der Waals surface area contributed by atoms with Gasteiger partial charge in [-0.2, -0.15) is 0 Å². The van der Waals surface area contributed by atoms with Crippen LogP contribution >= 0.6 is 0 Å². The van der Waals surface area contributed by atoms with E-state index < -0.39 is 0 Å². The van der Waals surface area contributed by atoms with Crippen LogP contribution in [0.1, 0.15) is 60.8 Å². The summed E-state index contributed by atoms with van der Waals surface area (Å²) < 4.78 is 0. The van der Waals surface area contributed by atoms with E-state index in [9.17, 15) is 0 Å². The quantitative estimate of drug-likeness (QED) is 0.473. The van der Waals surface area contributed by atoms with E-state index in [0.717, 1.165) is 52.2 Å². The molecule has 0 aromatic rings. The molecule has 0 atom stereocenters. The van der Waals surface area contributed by atoms with Gasteiger partial charge in [0.2, 0.25) is 0 Å². The Morgan fingerprint density at radius 3 is 1.32 bits per heavy atom. The van der Waals surface area contributed by atoms with Crippen molar-refractivity contribution in [3.05, 3.63) is 0 Å². The summed E-state index contributed by atoms with van der Waals surface area (Å²) in [5.41, 5.74) is 24.5. The molecule has 7 nitrogen and oxygen atoms in total. The van der Waals surface area contributed by atoms with Crippen LogP contribution in [0.25, 0.3) is 0 Å². The largest absolute Gasteiger partial charge is 0.326 e. The Hall–Kier alpha value is -0.280. The van der Waals surface area contributed by atoms with E-state index in [1.165, 1.54) is 0 Å². The monoisotopic (exact) mass is 357 g/mol. The molecule has 1 saturated heterocycles. The van der Waals surface area contributed by atoms with Gasteiger partial charge < -0.3 is 22.9 Å². The van der Waals surface area contributed by atoms with Crippen molar-refractivity contribution in [1.82, 2.24) is 14.7 Å². The van der Waals surface area contributed by atoms with E-state index in [0.29, 0.717) is 0 Å². The Balaban J connectivity index is 2.73. The molecule has 0 aromatic heterocycles. The molecule has 7 heteroatoms. The second-order valence-corrected chi connectivity index (χ2v) is 9.93. The maximum atomic E-state index is 6.54. The molecule has 0 radical (unpaired) electrons. The van der Waals surface area contributed by atoms with Crippen LogP contribution in [-0.4, -0.2) is 70.6 Å². The van der Waals surface area contributed by atoms with Gasteiger partial charge in [0.15, 0.2) is 0 Å². The van der Waals surface area contributed by atoms with Crippen LogP contribution < -0.4 is 22.9 Å². The molecular formula is C18H43N7. The molecule has 0 unspecified atom stereocenters. The van der Waals surface area contributed by atoms with E-state index in [1.807, 2.05) is 0 Å². The molecule has 0 spiro atoms. The smallest absolute Gasteiger partial charge is 0.116 e. The lowest BCUT2D eigenvalue weighted by atomic mass is 10.0. The third kappa shape index (κ3) is 9.84. The van der Waals surface area contributed by atoms with Gasteiger partial charge in [-0.1, -0.05) is 0 Å². The van der Waals surface area contributed by atoms with Crippen LogP contribution in [0, 0.1) is 0 Å². The fourth-order valence-corrected chi connectivity index (χ4v) is 2.81. The van der Waals surface area contributed by atoms with Gasteiger partial charge >= 0.3 is 0 Å². The summed E-state index contributed by atoms with van der Waals surface area (Å²) >= 11 is 0. The first-order valence-corrected chi connectivity index (χ1v) is 9.49. The number of nitrogens with zero attached hydrogens (tertiary/aromatic N) is 3. The Labute approximate surface area is 155 Å². The molecule has 8 N–H and O–H groups in total. The zero-order valence-corrected chi connectivity index (χ0v) is 17.4. The maximum Gasteiger partial charge on any atom is 0.116 e. The van der Waals surface area contributed by atoms with Crippen LogP contribution in [0.2, 0.25) is 0 Å². The van der Waals surface area contributed by atoms with Gasteiger partial charge in [-0.25, -0.2) is 0 Å². The van der Waals surface area contributed by atoms with Crippen LogP contribution in [0.3, 0.4) is 0 Å². The van der Waals surface area contributed by atoms with Gasteiger partial charge in [0, 0.05) is 36.3 Å². The van der Waals surface area contributed by atoms with Crippen molar-refractivity contribution >= 4 is 0 Å². The summed E-state index contributed by atoms with van der Waals surface area (Å²) in [6.45, 7) is 16.8. The molecule has 0 bridgehead atoms. The van der Waals surface area contributed by atoms with Gasteiger partial charge in [0.25, 0.3) is 0 Å². The van der Waals surface area contributed by atoms with Gasteiger partial charge in [-0.15, -0.1) is 0 Å². The summed E-state index contributed by atoms with van der Waals surface area (Å²) in [5.74, 6) is 0. The summed E-state index contributed by atoms with van der Waals surface area (Å²) in [5, 5.41) is 0. The predicted molar refractivity (Wildman–Crippen MR) is 106 cm³/mol. The van der Waals surface area contributed by atoms with Crippen molar-refractivity contribution in [1.29, 1.82) is 0 Å². The number of hydrogen-bond acceptors (Lipinski definition) is 7. The van der Waals surface area contributed by atoms with Gasteiger partial charge in [-0.05, 0) is 60.8 Å². The minimum Gasteiger partial charge on any atom is -0.326 e. The predicted octanol–water partition coefficient (Wildman–Crippen LogP) is 0.446. The second kappa shape index (κ2) is 8.61. The highest BCUT2D eigenvalue weighted by Gasteiger charge is 2.32. The Kier molecular flexibility index (Phi) is 7.83. The first-order chi connectivity index (χ1) is 11.2. The molecule has 0 aromatic carbocycles. The molecule has 150 valence electrons. The van der Waals surface area contributed by atoms with E-state index in [4.69, 9.17) is 22.9 Å². The summed E-state index contributed by atoms with van der Waals surface area (Å²) in [7, 11) is 0. The summed E-state index contributed by atoms with van der Waals surface area (Å²) in [6, 6.07) is 0. The fourth-order valence-electron chi connectivity index (χ4n) is 2.81. The van der Waals surface area contributed by atoms with Crippen molar-refractivity contribution in [2.45, 2.75) is 83.7 Å². The van der Waals surface area contributed by atoms with Crippen LogP contribution in [0.15, 0.2) is 0 Å². The van der Waals surface area contributed by atoms with Gasteiger partial charge in [0.1, 0.15) is 6.29 Å². The first kappa shape index (κ1) is 22.8. The zero-order valence-electron chi connectivity index (χ0n) is 17.4. The molecule has 0 saturated carbocycles. The van der Waals surface area contributed by atoms with Gasteiger partial charge in [-0.3, -0.25) is 14.7 Å². The Morgan fingerprint density at radius 2 is 1.00 bits per heavy atom. The highest BCUT2D eigenvalue weighted by atomic mass is 15.5. The van der Waals surface area contributed by atoms with Crippen molar-refractivity contribution in [3.8, 4) is 0 Å². The van der Waals surface area contributed by atoms with E-state index in [2.05, 4.69) is 56.2 Å². The van der Waals surface area contributed by atoms with Crippen molar-refractivity contribution in [2.75, 3.05) is 33.0 Å². The topological polar surface area (TPSA) is 114 Å². The number of hydrogen-bond donors (Lipinski definition) is 4. The zero-order chi connectivity index (χ0) is 19.5. The SMILES string of the molecule is CC(C)(N)CCN1CN(CCC(C)(C)N)C(N)N(CCC(C)(C)N)C1. The molecular weight excluding hydrogens is 314 g/mol. The maximum absolute atomic E-state index is 6.54. The molecule has 1 fully saturated rings. The van der Waals surface area contributed by atoms with Gasteiger partial charge in [0.05, 0.1) is 13.3 Å². The lowest BCUT2D eigenvalue weighted by molar-refractivity contribution is -0.0869. The Morgan fingerprint density at radius 1 is 0.680 bits per heavy atom. The standard InChI is InChI=1S/C18H43N7/c1-16(2,20)7-10-23-13-24(11-8-17(3,4)21)15(19)25(14-23)12-9-18(5,6)22/h15H,7-14,19-22H2,1-6H3. The van der Waals surface area contributed by atoms with Crippen molar-refractivity contribution in [3.63, 3.8) is 0 Å². The first-order valence-electron chi connectivity index (χ1n) is 9.49. The minimum absolute atomic E-state index is 0.0909. The van der Waals surface area contributed by atoms with Crippen molar-refractivity contribution < 1.29 is 0 Å². The third-order valence-electron chi connectivity index (χ3n) is 4.67. The highest BCUT2D eigenvalue weighted by molar-refractivity contribution is 4.83. The molecule has 1 aliphatic rings. The van der Waals surface area contributed by atoms with E-state index >= 15 is 0 Å². The molecule has 0 amide bonds. The van der Waals surface area contributed by atoms with Crippen LogP contribution in [0.4, 0.5) is 0 Å². The molecule has 0 aliphatic carbocycles. The number of nitrogens with two attached hydrogens (primary N) is 4. The lowest BCUT2D eigenvalue weighted by Crippen LogP contribution is -2.66. The normalized spacial score (nSPS) is 20.4. The molecule has 1 rings (SSSR count). The van der Waals surface area contributed by atoms with Crippen molar-refractivity contribution in [2.24, 2.45) is 22.9 Å². The fraction of sp³-hybridized carbons (Fsp3) is 1.00. The summed E-state index contributed by atoms with van der Waals surface area (Å²) in [4.78, 5) is 7.04. The van der Waals surface area contributed by atoms with E-state index in [-0.39, 0.29) is 22.9 Å². The highest BCUT2D eigenvalue weighted by Crippen LogP contribution is 2.18. The number of rotatable bonds is 9. The third-order valence-corrected chi connectivity index (χ3v) is 4.67. The Bertz CT molecular complexity index is 364. The van der Waals surface area contributed by atoms with E-state index in [1.54, 1.807) is 0 Å². The second-order valence-electron chi connectivity index (χ2n) is 9.93. The average Bonchev–Trinajstić information content (AvgIpc) is 2.40. The lowest BCUT2D eigenvalue weighted by Gasteiger charge is -2.48. The average molecular weight is 358 g/mol. The minimum atomic E-state index is -0.189. The molecule has 1 heterocycles. The van der Waals surface area contributed by atoms with Crippen LogP contribution in [-0.2, 0) is 0 Å². The molecule has 25 heavy (non-hydrogen) atoms. The van der Waals surface area contributed by atoms with Crippen LogP contribution in [0.5, 0.6) is 0 Å².